The maximum absolute atomic E-state index is 2.27. The van der Waals surface area contributed by atoms with Crippen molar-refractivity contribution in [1.29, 1.82) is 0 Å². The van der Waals surface area contributed by atoms with Gasteiger partial charge in [0.1, 0.15) is 0 Å². The van der Waals surface area contributed by atoms with Crippen molar-refractivity contribution in [3.8, 4) is 0 Å². The highest BCUT2D eigenvalue weighted by atomic mass is 14.1. The second kappa shape index (κ2) is 4.45. The Morgan fingerprint density at radius 3 is 2.23 bits per heavy atom. The lowest BCUT2D eigenvalue weighted by Gasteiger charge is -2.14. The highest BCUT2D eigenvalue weighted by Gasteiger charge is 2.07. The summed E-state index contributed by atoms with van der Waals surface area (Å²) in [4.78, 5) is 0. The average Bonchev–Trinajstić information content (AvgIpc) is 2.16. The van der Waals surface area contributed by atoms with Crippen LogP contribution in [0.1, 0.15) is 50.3 Å². The summed E-state index contributed by atoms with van der Waals surface area (Å²) in [5.41, 5.74) is 4.62. The minimum Gasteiger partial charge on any atom is -0.0617 e. The van der Waals surface area contributed by atoms with Gasteiger partial charge in [-0.15, -0.1) is 0 Å². The molecule has 1 rings (SSSR count). The summed E-state index contributed by atoms with van der Waals surface area (Å²) in [5, 5.41) is 0. The molecular formula is C13H20. The molecule has 0 aliphatic carbocycles. The van der Waals surface area contributed by atoms with Crippen molar-refractivity contribution in [2.24, 2.45) is 0 Å². The van der Waals surface area contributed by atoms with E-state index in [1.807, 2.05) is 0 Å². The first-order valence-corrected chi connectivity index (χ1v) is 5.31. The molecule has 0 saturated carbocycles. The second-order valence-electron chi connectivity index (χ2n) is 3.85. The Hall–Kier alpha value is -0.780. The summed E-state index contributed by atoms with van der Waals surface area (Å²) in [7, 11) is 0. The van der Waals surface area contributed by atoms with Gasteiger partial charge in [-0.1, -0.05) is 45.9 Å². The molecule has 0 nitrogen and oxygen atoms in total. The van der Waals surface area contributed by atoms with Crippen LogP contribution in [0.4, 0.5) is 0 Å². The number of benzene rings is 1. The zero-order valence-electron chi connectivity index (χ0n) is 9.22. The Bertz CT molecular complexity index is 271. The van der Waals surface area contributed by atoms with E-state index in [-0.39, 0.29) is 0 Å². The first kappa shape index (κ1) is 10.3. The topological polar surface area (TPSA) is 0 Å². The predicted octanol–water partition coefficient (Wildman–Crippen LogP) is 3.93. The minimum atomic E-state index is 0.654. The lowest BCUT2D eigenvalue weighted by atomic mass is 9.91. The van der Waals surface area contributed by atoms with Gasteiger partial charge in [-0.05, 0) is 35.4 Å². The molecule has 0 bridgehead atoms. The summed E-state index contributed by atoms with van der Waals surface area (Å²) in [5.74, 6) is 0.654. The molecule has 1 aromatic carbocycles. The Morgan fingerprint density at radius 2 is 1.77 bits per heavy atom. The fraction of sp³-hybridized carbons (Fsp3) is 0.538. The third-order valence-electron chi connectivity index (χ3n) is 2.67. The largest absolute Gasteiger partial charge is 0.0617 e. The van der Waals surface area contributed by atoms with Gasteiger partial charge in [0.2, 0.25) is 0 Å². The van der Waals surface area contributed by atoms with Crippen LogP contribution < -0.4 is 0 Å². The Labute approximate surface area is 82.0 Å². The van der Waals surface area contributed by atoms with Crippen LogP contribution in [0.5, 0.6) is 0 Å². The van der Waals surface area contributed by atoms with Gasteiger partial charge in [0, 0.05) is 0 Å². The normalized spacial score (nSPS) is 10.8. The maximum Gasteiger partial charge on any atom is -0.0216 e. The molecule has 0 heterocycles. The van der Waals surface area contributed by atoms with E-state index >= 15 is 0 Å². The standard InChI is InChI=1S/C13H20/c1-5-11-8-7-9-13(10(3)4)12(11)6-2/h7-10H,5-6H2,1-4H3. The van der Waals surface area contributed by atoms with Crippen LogP contribution in [0, 0.1) is 0 Å². The summed E-state index contributed by atoms with van der Waals surface area (Å²) in [6.07, 6.45) is 2.32. The Balaban J connectivity index is 3.19. The van der Waals surface area contributed by atoms with E-state index in [0.717, 1.165) is 12.8 Å². The number of hydrogen-bond acceptors (Lipinski definition) is 0. The van der Waals surface area contributed by atoms with Crippen molar-refractivity contribution < 1.29 is 0 Å². The molecule has 0 aromatic heterocycles. The van der Waals surface area contributed by atoms with E-state index in [1.165, 1.54) is 11.1 Å². The molecule has 0 amide bonds. The minimum absolute atomic E-state index is 0.654. The van der Waals surface area contributed by atoms with E-state index in [9.17, 15) is 0 Å². The molecule has 1 aromatic rings. The fourth-order valence-corrected chi connectivity index (χ4v) is 1.96. The molecule has 0 aliphatic rings. The van der Waals surface area contributed by atoms with Gasteiger partial charge >= 0.3 is 0 Å². The summed E-state index contributed by atoms with van der Waals surface area (Å²) < 4.78 is 0. The quantitative estimate of drug-likeness (QED) is 0.654. The van der Waals surface area contributed by atoms with Crippen LogP contribution in [-0.4, -0.2) is 0 Å². The molecular weight excluding hydrogens is 156 g/mol. The van der Waals surface area contributed by atoms with Gasteiger partial charge in [0.25, 0.3) is 0 Å². The third-order valence-corrected chi connectivity index (χ3v) is 2.67. The molecule has 0 heteroatoms. The van der Waals surface area contributed by atoms with E-state index in [2.05, 4.69) is 45.9 Å². The summed E-state index contributed by atoms with van der Waals surface area (Å²) in [6.45, 7) is 9.03. The van der Waals surface area contributed by atoms with Crippen LogP contribution in [0.25, 0.3) is 0 Å². The van der Waals surface area contributed by atoms with Gasteiger partial charge in [-0.3, -0.25) is 0 Å². The molecule has 13 heavy (non-hydrogen) atoms. The lowest BCUT2D eigenvalue weighted by Crippen LogP contribution is -1.99. The smallest absolute Gasteiger partial charge is 0.0216 e. The molecule has 0 N–H and O–H groups in total. The molecule has 72 valence electrons. The summed E-state index contributed by atoms with van der Waals surface area (Å²) >= 11 is 0. The number of hydrogen-bond donors (Lipinski definition) is 0. The molecule has 0 unspecified atom stereocenters. The van der Waals surface area contributed by atoms with Crippen LogP contribution in [-0.2, 0) is 12.8 Å². The highest BCUT2D eigenvalue weighted by molar-refractivity contribution is 5.37. The summed E-state index contributed by atoms with van der Waals surface area (Å²) in [6, 6.07) is 6.71. The SMILES string of the molecule is CCc1cccc(C(C)C)c1CC. The molecule has 0 atom stereocenters. The van der Waals surface area contributed by atoms with E-state index < -0.39 is 0 Å². The second-order valence-corrected chi connectivity index (χ2v) is 3.85. The average molecular weight is 176 g/mol. The van der Waals surface area contributed by atoms with Crippen molar-refractivity contribution in [2.75, 3.05) is 0 Å². The van der Waals surface area contributed by atoms with Crippen LogP contribution in [0.2, 0.25) is 0 Å². The maximum atomic E-state index is 2.27. The first-order chi connectivity index (χ1) is 6.20. The van der Waals surface area contributed by atoms with E-state index in [4.69, 9.17) is 0 Å². The predicted molar refractivity (Wildman–Crippen MR) is 59.3 cm³/mol. The third kappa shape index (κ3) is 2.12. The van der Waals surface area contributed by atoms with Gasteiger partial charge < -0.3 is 0 Å². The molecule has 0 saturated heterocycles. The van der Waals surface area contributed by atoms with E-state index in [0.29, 0.717) is 5.92 Å². The van der Waals surface area contributed by atoms with Crippen molar-refractivity contribution in [2.45, 2.75) is 46.5 Å². The molecule has 0 radical (unpaired) electrons. The van der Waals surface area contributed by atoms with E-state index in [1.54, 1.807) is 5.56 Å². The number of aryl methyl sites for hydroxylation is 1. The van der Waals surface area contributed by atoms with Gasteiger partial charge in [0.05, 0.1) is 0 Å². The van der Waals surface area contributed by atoms with Gasteiger partial charge in [-0.2, -0.15) is 0 Å². The number of rotatable bonds is 3. The van der Waals surface area contributed by atoms with Crippen molar-refractivity contribution in [3.05, 3.63) is 34.9 Å². The van der Waals surface area contributed by atoms with Crippen LogP contribution in [0.3, 0.4) is 0 Å². The van der Waals surface area contributed by atoms with Crippen molar-refractivity contribution in [1.82, 2.24) is 0 Å². The molecule has 0 aliphatic heterocycles. The van der Waals surface area contributed by atoms with Gasteiger partial charge in [0.15, 0.2) is 0 Å². The lowest BCUT2D eigenvalue weighted by molar-refractivity contribution is 0.835. The van der Waals surface area contributed by atoms with Crippen LogP contribution in [0.15, 0.2) is 18.2 Å². The molecule has 0 fully saturated rings. The van der Waals surface area contributed by atoms with Crippen molar-refractivity contribution >= 4 is 0 Å². The molecule has 0 spiro atoms. The van der Waals surface area contributed by atoms with Crippen LogP contribution >= 0.6 is 0 Å². The monoisotopic (exact) mass is 176 g/mol. The zero-order chi connectivity index (χ0) is 9.84. The highest BCUT2D eigenvalue weighted by Crippen LogP contribution is 2.23. The zero-order valence-corrected chi connectivity index (χ0v) is 9.22. The Morgan fingerprint density at radius 1 is 1.08 bits per heavy atom. The Kier molecular flexibility index (Phi) is 3.53. The van der Waals surface area contributed by atoms with Crippen molar-refractivity contribution in [3.63, 3.8) is 0 Å². The van der Waals surface area contributed by atoms with Gasteiger partial charge in [-0.25, -0.2) is 0 Å². The first-order valence-electron chi connectivity index (χ1n) is 5.31. The fourth-order valence-electron chi connectivity index (χ4n) is 1.96.